The van der Waals surface area contributed by atoms with E-state index in [1.807, 2.05) is 24.3 Å². The number of halogens is 1. The van der Waals surface area contributed by atoms with Crippen molar-refractivity contribution in [2.45, 2.75) is 43.0 Å². The zero-order valence-corrected chi connectivity index (χ0v) is 14.2. The smallest absolute Gasteiger partial charge is 0.230 e. The van der Waals surface area contributed by atoms with Crippen LogP contribution < -0.4 is 5.32 Å². The predicted molar refractivity (Wildman–Crippen MR) is 91.2 cm³/mol. The fraction of sp³-hybridized carbons (Fsp3) is 0.611. The van der Waals surface area contributed by atoms with Gasteiger partial charge in [-0.3, -0.25) is 4.79 Å². The summed E-state index contributed by atoms with van der Waals surface area (Å²) in [6.07, 6.45) is 6.86. The molecule has 4 bridgehead atoms. The van der Waals surface area contributed by atoms with Gasteiger partial charge in [-0.2, -0.15) is 0 Å². The topological polar surface area (TPSA) is 29.1 Å². The van der Waals surface area contributed by atoms with E-state index in [1.165, 1.54) is 32.1 Å². The van der Waals surface area contributed by atoms with Crippen molar-refractivity contribution in [3.8, 4) is 0 Å². The molecule has 4 aliphatic carbocycles. The number of benzene rings is 1. The van der Waals surface area contributed by atoms with Gasteiger partial charge in [-0.25, -0.2) is 0 Å². The minimum atomic E-state index is 0.192. The van der Waals surface area contributed by atoms with Crippen molar-refractivity contribution in [1.29, 1.82) is 0 Å². The highest BCUT2D eigenvalue weighted by molar-refractivity contribution is 8.00. The van der Waals surface area contributed by atoms with Crippen molar-refractivity contribution in [2.24, 2.45) is 23.7 Å². The molecule has 1 amide bonds. The van der Waals surface area contributed by atoms with Crippen LogP contribution in [0.15, 0.2) is 29.2 Å². The third kappa shape index (κ3) is 3.03. The molecular formula is C18H22ClNOS. The number of hydrogen-bond donors (Lipinski definition) is 1. The molecule has 0 unspecified atom stereocenters. The van der Waals surface area contributed by atoms with Crippen molar-refractivity contribution in [3.63, 3.8) is 0 Å². The normalized spacial score (nSPS) is 35.6. The summed E-state index contributed by atoms with van der Waals surface area (Å²) in [6.45, 7) is 0. The van der Waals surface area contributed by atoms with Gasteiger partial charge in [0.2, 0.25) is 5.91 Å². The molecule has 0 aromatic heterocycles. The summed E-state index contributed by atoms with van der Waals surface area (Å²) in [5.41, 5.74) is 0. The van der Waals surface area contributed by atoms with Crippen LogP contribution in [0, 0.1) is 23.7 Å². The quantitative estimate of drug-likeness (QED) is 0.828. The van der Waals surface area contributed by atoms with E-state index in [0.717, 1.165) is 33.6 Å². The monoisotopic (exact) mass is 335 g/mol. The summed E-state index contributed by atoms with van der Waals surface area (Å²) in [6, 6.07) is 8.15. The van der Waals surface area contributed by atoms with E-state index in [9.17, 15) is 4.79 Å². The minimum Gasteiger partial charge on any atom is -0.352 e. The van der Waals surface area contributed by atoms with Gasteiger partial charge in [-0.05, 0) is 80.0 Å². The first kappa shape index (κ1) is 14.9. The van der Waals surface area contributed by atoms with E-state index in [-0.39, 0.29) is 5.91 Å². The Kier molecular flexibility index (Phi) is 4.12. The maximum atomic E-state index is 12.3. The second kappa shape index (κ2) is 6.09. The van der Waals surface area contributed by atoms with Crippen molar-refractivity contribution in [3.05, 3.63) is 29.3 Å². The van der Waals surface area contributed by atoms with Crippen LogP contribution in [0.25, 0.3) is 0 Å². The van der Waals surface area contributed by atoms with Gasteiger partial charge in [0.15, 0.2) is 0 Å². The maximum Gasteiger partial charge on any atom is 0.230 e. The third-order valence-electron chi connectivity index (χ3n) is 5.74. The van der Waals surface area contributed by atoms with Crippen LogP contribution in [0.4, 0.5) is 0 Å². The van der Waals surface area contributed by atoms with E-state index in [4.69, 9.17) is 11.6 Å². The largest absolute Gasteiger partial charge is 0.352 e. The minimum absolute atomic E-state index is 0.192. The Morgan fingerprint density at radius 1 is 1.05 bits per heavy atom. The summed E-state index contributed by atoms with van der Waals surface area (Å²) in [7, 11) is 0. The van der Waals surface area contributed by atoms with Gasteiger partial charge in [-0.15, -0.1) is 11.8 Å². The van der Waals surface area contributed by atoms with Crippen LogP contribution in [0.5, 0.6) is 0 Å². The van der Waals surface area contributed by atoms with Gasteiger partial charge < -0.3 is 5.32 Å². The number of carbonyl (C=O) groups is 1. The Labute approximate surface area is 141 Å². The van der Waals surface area contributed by atoms with Crippen LogP contribution in [-0.4, -0.2) is 17.7 Å². The highest BCUT2D eigenvalue weighted by atomic mass is 35.5. The van der Waals surface area contributed by atoms with Crippen LogP contribution in [0.2, 0.25) is 5.02 Å². The van der Waals surface area contributed by atoms with E-state index < -0.39 is 0 Å². The first-order chi connectivity index (χ1) is 10.7. The molecule has 0 saturated heterocycles. The average molecular weight is 336 g/mol. The molecule has 5 rings (SSSR count). The molecule has 118 valence electrons. The van der Waals surface area contributed by atoms with Gasteiger partial charge >= 0.3 is 0 Å². The van der Waals surface area contributed by atoms with Gasteiger partial charge in [0, 0.05) is 16.0 Å². The van der Waals surface area contributed by atoms with Crippen LogP contribution in [0.1, 0.15) is 32.1 Å². The Morgan fingerprint density at radius 3 is 2.23 bits per heavy atom. The predicted octanol–water partition coefficient (Wildman–Crippen LogP) is 4.37. The number of nitrogens with one attached hydrogen (secondary N) is 1. The molecule has 1 aromatic rings. The zero-order chi connectivity index (χ0) is 15.1. The lowest BCUT2D eigenvalue weighted by molar-refractivity contribution is -0.122. The van der Waals surface area contributed by atoms with E-state index in [2.05, 4.69) is 5.32 Å². The SMILES string of the molecule is O=C(CSc1ccc(Cl)cc1)NC1C2CC3CC(C2)CC1C3. The molecule has 4 fully saturated rings. The number of amides is 1. The number of rotatable bonds is 4. The first-order valence-electron chi connectivity index (χ1n) is 8.35. The Balaban J connectivity index is 1.31. The van der Waals surface area contributed by atoms with Crippen molar-refractivity contribution < 1.29 is 4.79 Å². The first-order valence-corrected chi connectivity index (χ1v) is 9.71. The third-order valence-corrected chi connectivity index (χ3v) is 7.00. The molecular weight excluding hydrogens is 314 g/mol. The second-order valence-electron chi connectivity index (χ2n) is 7.27. The van der Waals surface area contributed by atoms with E-state index in [0.29, 0.717) is 11.8 Å². The van der Waals surface area contributed by atoms with E-state index >= 15 is 0 Å². The molecule has 0 spiro atoms. The van der Waals surface area contributed by atoms with Crippen LogP contribution in [-0.2, 0) is 4.79 Å². The fourth-order valence-electron chi connectivity index (χ4n) is 5.07. The summed E-state index contributed by atoms with van der Waals surface area (Å²) in [5, 5.41) is 4.10. The highest BCUT2D eigenvalue weighted by Crippen LogP contribution is 2.53. The standard InChI is InChI=1S/C18H22ClNOS/c19-15-1-3-16(4-2-15)22-10-17(21)20-18-13-6-11-5-12(8-13)9-14(18)7-11/h1-4,11-14,18H,5-10H2,(H,20,21). The molecule has 4 heteroatoms. The fourth-order valence-corrected chi connectivity index (χ4v) is 5.90. The average Bonchev–Trinajstić information content (AvgIpc) is 2.50. The zero-order valence-electron chi connectivity index (χ0n) is 12.6. The van der Waals surface area contributed by atoms with Gasteiger partial charge in [0.1, 0.15) is 0 Å². The Bertz CT molecular complexity index is 531. The molecule has 4 aliphatic rings. The molecule has 0 radical (unpaired) electrons. The summed E-state index contributed by atoms with van der Waals surface area (Å²) in [5.74, 6) is 4.11. The van der Waals surface area contributed by atoms with Crippen molar-refractivity contribution >= 4 is 29.3 Å². The Morgan fingerprint density at radius 2 is 1.64 bits per heavy atom. The van der Waals surface area contributed by atoms with E-state index in [1.54, 1.807) is 11.8 Å². The van der Waals surface area contributed by atoms with Crippen molar-refractivity contribution in [1.82, 2.24) is 5.32 Å². The molecule has 0 aliphatic heterocycles. The molecule has 22 heavy (non-hydrogen) atoms. The van der Waals surface area contributed by atoms with Crippen LogP contribution in [0.3, 0.4) is 0 Å². The molecule has 1 N–H and O–H groups in total. The van der Waals surface area contributed by atoms with Crippen molar-refractivity contribution in [2.75, 3.05) is 5.75 Å². The van der Waals surface area contributed by atoms with Gasteiger partial charge in [-0.1, -0.05) is 11.6 Å². The number of carbonyl (C=O) groups excluding carboxylic acids is 1. The van der Waals surface area contributed by atoms with Crippen LogP contribution >= 0.6 is 23.4 Å². The summed E-state index contributed by atoms with van der Waals surface area (Å²) >= 11 is 7.48. The molecule has 4 saturated carbocycles. The number of hydrogen-bond acceptors (Lipinski definition) is 2. The maximum absolute atomic E-state index is 12.3. The second-order valence-corrected chi connectivity index (χ2v) is 8.75. The summed E-state index contributed by atoms with van der Waals surface area (Å²) in [4.78, 5) is 13.4. The highest BCUT2D eigenvalue weighted by Gasteiger charge is 2.48. The summed E-state index contributed by atoms with van der Waals surface area (Å²) < 4.78 is 0. The molecule has 0 heterocycles. The number of thioether (sulfide) groups is 1. The lowest BCUT2D eigenvalue weighted by Crippen LogP contribution is -2.56. The lowest BCUT2D eigenvalue weighted by atomic mass is 9.54. The molecule has 2 nitrogen and oxygen atoms in total. The lowest BCUT2D eigenvalue weighted by Gasteiger charge is -2.54. The molecule has 0 atom stereocenters. The van der Waals surface area contributed by atoms with Gasteiger partial charge in [0.05, 0.1) is 5.75 Å². The Hall–Kier alpha value is -0.670. The molecule has 1 aromatic carbocycles. The van der Waals surface area contributed by atoms with Gasteiger partial charge in [0.25, 0.3) is 0 Å².